The molecule has 0 heteroatoms. The Hall–Kier alpha value is -3.90. The van der Waals surface area contributed by atoms with Crippen molar-refractivity contribution < 1.29 is 0 Å². The van der Waals surface area contributed by atoms with Gasteiger partial charge >= 0.3 is 0 Å². The maximum atomic E-state index is 2.37. The van der Waals surface area contributed by atoms with E-state index < -0.39 is 0 Å². The molecule has 0 saturated carbocycles. The summed E-state index contributed by atoms with van der Waals surface area (Å²) in [5.74, 6) is 0.301. The molecule has 0 aliphatic rings. The SMILES string of the molecule is CC(C)(C)c1ccc(C(c2ccc(C(c3ccc(C(C)(C)C)cc3)c3ccc(C(C)(C)C)cc3)cc2)c2ccc(C(C)(C)C)cc2)cc1. The first-order chi connectivity index (χ1) is 22.3. The molecule has 0 radical (unpaired) electrons. The summed E-state index contributed by atoms with van der Waals surface area (Å²) in [7, 11) is 0. The van der Waals surface area contributed by atoms with Crippen molar-refractivity contribution in [2.45, 2.75) is 117 Å². The van der Waals surface area contributed by atoms with Crippen LogP contribution in [0.1, 0.15) is 151 Å². The summed E-state index contributed by atoms with van der Waals surface area (Å²) in [6.45, 7) is 27.4. The molecule has 0 fully saturated rings. The lowest BCUT2D eigenvalue weighted by atomic mass is 9.78. The normalized spacial score (nSPS) is 13.0. The van der Waals surface area contributed by atoms with Crippen LogP contribution in [0.2, 0.25) is 0 Å². The second-order valence-electron chi connectivity index (χ2n) is 18.0. The molecular formula is C48H58. The lowest BCUT2D eigenvalue weighted by molar-refractivity contribution is 0.589. The minimum absolute atomic E-state index is 0.120. The molecule has 0 unspecified atom stereocenters. The van der Waals surface area contributed by atoms with Gasteiger partial charge in [-0.3, -0.25) is 0 Å². The number of benzene rings is 5. The molecule has 5 aromatic carbocycles. The highest BCUT2D eigenvalue weighted by atomic mass is 14.3. The monoisotopic (exact) mass is 634 g/mol. The van der Waals surface area contributed by atoms with E-state index in [4.69, 9.17) is 0 Å². The molecule has 0 nitrogen and oxygen atoms in total. The van der Waals surface area contributed by atoms with Gasteiger partial charge in [0, 0.05) is 11.8 Å². The molecule has 0 amide bonds. The van der Waals surface area contributed by atoms with Crippen LogP contribution in [-0.2, 0) is 21.7 Å². The van der Waals surface area contributed by atoms with E-state index in [1.165, 1.54) is 55.6 Å². The van der Waals surface area contributed by atoms with Crippen LogP contribution in [0, 0.1) is 0 Å². The third-order valence-corrected chi connectivity index (χ3v) is 10.0. The first kappa shape index (κ1) is 35.4. The Bertz CT molecular complexity index is 1520. The highest BCUT2D eigenvalue weighted by Gasteiger charge is 2.24. The Labute approximate surface area is 292 Å². The van der Waals surface area contributed by atoms with Crippen LogP contribution in [0.4, 0.5) is 0 Å². The predicted octanol–water partition coefficient (Wildman–Crippen LogP) is 13.2. The van der Waals surface area contributed by atoms with Gasteiger partial charge in [-0.2, -0.15) is 0 Å². The average molecular weight is 635 g/mol. The van der Waals surface area contributed by atoms with E-state index in [1.807, 2.05) is 0 Å². The highest BCUT2D eigenvalue weighted by molar-refractivity contribution is 5.50. The molecular weight excluding hydrogens is 577 g/mol. The van der Waals surface area contributed by atoms with Crippen molar-refractivity contribution in [1.29, 1.82) is 0 Å². The average Bonchev–Trinajstić information content (AvgIpc) is 3.01. The van der Waals surface area contributed by atoms with Crippen LogP contribution in [0.15, 0.2) is 121 Å². The largest absolute Gasteiger partial charge is 0.0582 e. The maximum Gasteiger partial charge on any atom is 0.0339 e. The van der Waals surface area contributed by atoms with E-state index in [-0.39, 0.29) is 33.5 Å². The van der Waals surface area contributed by atoms with Crippen LogP contribution in [-0.4, -0.2) is 0 Å². The van der Waals surface area contributed by atoms with Crippen LogP contribution in [0.25, 0.3) is 0 Å². The number of rotatable bonds is 6. The lowest BCUT2D eigenvalue weighted by Crippen LogP contribution is -2.13. The second-order valence-corrected chi connectivity index (χ2v) is 18.0. The molecule has 5 aromatic rings. The fourth-order valence-corrected chi connectivity index (χ4v) is 6.74. The van der Waals surface area contributed by atoms with E-state index >= 15 is 0 Å². The standard InChI is InChI=1S/C48H58/c1-45(2,3)39-25-17-35(18-26-39)43(36-19-27-40(28-20-36)46(4,5)6)33-13-15-34(16-14-33)44(37-21-29-41(30-22-37)47(7,8)9)38-23-31-42(32-24-38)48(10,11)12/h13-32,43-44H,1-12H3. The van der Waals surface area contributed by atoms with Crippen LogP contribution in [0.3, 0.4) is 0 Å². The Morgan fingerprint density at radius 3 is 0.479 bits per heavy atom. The summed E-state index contributed by atoms with van der Waals surface area (Å²) in [6, 6.07) is 46.8. The summed E-state index contributed by atoms with van der Waals surface area (Å²) in [5, 5.41) is 0. The molecule has 0 saturated heterocycles. The van der Waals surface area contributed by atoms with Gasteiger partial charge in [-0.15, -0.1) is 0 Å². The first-order valence-corrected chi connectivity index (χ1v) is 17.8. The molecule has 0 aromatic heterocycles. The summed E-state index contributed by atoms with van der Waals surface area (Å²) in [6.07, 6.45) is 0. The Morgan fingerprint density at radius 2 is 0.354 bits per heavy atom. The molecule has 0 N–H and O–H groups in total. The molecule has 0 atom stereocenters. The molecule has 0 bridgehead atoms. The highest BCUT2D eigenvalue weighted by Crippen LogP contribution is 2.38. The summed E-state index contributed by atoms with van der Waals surface area (Å²) in [4.78, 5) is 0. The van der Waals surface area contributed by atoms with E-state index in [0.717, 1.165) is 0 Å². The van der Waals surface area contributed by atoms with Crippen molar-refractivity contribution in [2.75, 3.05) is 0 Å². The van der Waals surface area contributed by atoms with Gasteiger partial charge in [0.2, 0.25) is 0 Å². The van der Waals surface area contributed by atoms with E-state index in [2.05, 4.69) is 204 Å². The third-order valence-electron chi connectivity index (χ3n) is 10.0. The minimum Gasteiger partial charge on any atom is -0.0582 e. The van der Waals surface area contributed by atoms with Gasteiger partial charge in [-0.1, -0.05) is 204 Å². The Balaban J connectivity index is 1.59. The fourth-order valence-electron chi connectivity index (χ4n) is 6.74. The van der Waals surface area contributed by atoms with Gasteiger partial charge in [0.25, 0.3) is 0 Å². The van der Waals surface area contributed by atoms with E-state index in [1.54, 1.807) is 0 Å². The molecule has 0 spiro atoms. The smallest absolute Gasteiger partial charge is 0.0339 e. The van der Waals surface area contributed by atoms with Gasteiger partial charge in [0.05, 0.1) is 0 Å². The number of hydrogen-bond acceptors (Lipinski definition) is 0. The zero-order valence-corrected chi connectivity index (χ0v) is 31.7. The maximum absolute atomic E-state index is 2.37. The zero-order chi connectivity index (χ0) is 35.1. The van der Waals surface area contributed by atoms with Crippen LogP contribution < -0.4 is 0 Å². The Kier molecular flexibility index (Phi) is 9.73. The minimum atomic E-state index is 0.120. The van der Waals surface area contributed by atoms with Crippen LogP contribution >= 0.6 is 0 Å². The summed E-state index contributed by atoms with van der Waals surface area (Å²) in [5.41, 5.74) is 13.9. The van der Waals surface area contributed by atoms with Crippen molar-refractivity contribution in [3.63, 3.8) is 0 Å². The quantitative estimate of drug-likeness (QED) is 0.163. The number of hydrogen-bond donors (Lipinski definition) is 0. The van der Waals surface area contributed by atoms with E-state index in [0.29, 0.717) is 0 Å². The van der Waals surface area contributed by atoms with Gasteiger partial charge < -0.3 is 0 Å². The van der Waals surface area contributed by atoms with Gasteiger partial charge in [-0.25, -0.2) is 0 Å². The van der Waals surface area contributed by atoms with Crippen molar-refractivity contribution in [2.24, 2.45) is 0 Å². The van der Waals surface area contributed by atoms with Gasteiger partial charge in [0.1, 0.15) is 0 Å². The van der Waals surface area contributed by atoms with Crippen molar-refractivity contribution in [3.05, 3.63) is 177 Å². The van der Waals surface area contributed by atoms with Crippen LogP contribution in [0.5, 0.6) is 0 Å². The zero-order valence-electron chi connectivity index (χ0n) is 31.7. The summed E-state index contributed by atoms with van der Waals surface area (Å²) < 4.78 is 0. The summed E-state index contributed by atoms with van der Waals surface area (Å²) >= 11 is 0. The van der Waals surface area contributed by atoms with Gasteiger partial charge in [-0.05, 0) is 77.3 Å². The van der Waals surface area contributed by atoms with Gasteiger partial charge in [0.15, 0.2) is 0 Å². The fraction of sp³-hybridized carbons (Fsp3) is 0.375. The van der Waals surface area contributed by atoms with Crippen molar-refractivity contribution in [3.8, 4) is 0 Å². The molecule has 0 heterocycles. The van der Waals surface area contributed by atoms with Crippen molar-refractivity contribution >= 4 is 0 Å². The molecule has 48 heavy (non-hydrogen) atoms. The Morgan fingerprint density at radius 1 is 0.229 bits per heavy atom. The second kappa shape index (κ2) is 13.2. The molecule has 0 aliphatic heterocycles. The first-order valence-electron chi connectivity index (χ1n) is 17.8. The molecule has 5 rings (SSSR count). The third kappa shape index (κ3) is 8.03. The van der Waals surface area contributed by atoms with Crippen molar-refractivity contribution in [1.82, 2.24) is 0 Å². The topological polar surface area (TPSA) is 0 Å². The molecule has 0 aliphatic carbocycles. The molecule has 250 valence electrons. The lowest BCUT2D eigenvalue weighted by Gasteiger charge is -2.26. The predicted molar refractivity (Wildman–Crippen MR) is 209 cm³/mol. The van der Waals surface area contributed by atoms with E-state index in [9.17, 15) is 0 Å².